The molecule has 1 fully saturated rings. The Hall–Kier alpha value is -0.0400. The minimum atomic E-state index is 0.490. The van der Waals surface area contributed by atoms with E-state index in [0.29, 0.717) is 11.2 Å². The quantitative estimate of drug-likeness (QED) is 0.723. The van der Waals surface area contributed by atoms with Crippen molar-refractivity contribution in [3.05, 3.63) is 15.1 Å². The van der Waals surface area contributed by atoms with Crippen molar-refractivity contribution in [1.29, 1.82) is 0 Å². The average molecular weight is 405 g/mol. The van der Waals surface area contributed by atoms with Gasteiger partial charge in [-0.1, -0.05) is 20.3 Å². The van der Waals surface area contributed by atoms with Gasteiger partial charge >= 0.3 is 0 Å². The lowest BCUT2D eigenvalue weighted by Crippen LogP contribution is -2.14. The molecule has 1 N–H and O–H groups in total. The first-order valence-corrected chi connectivity index (χ1v) is 9.66. The van der Waals surface area contributed by atoms with E-state index in [2.05, 4.69) is 48.7 Å². The van der Waals surface area contributed by atoms with Crippen LogP contribution in [0.4, 0.5) is 5.82 Å². The first-order chi connectivity index (χ1) is 9.61. The van der Waals surface area contributed by atoms with E-state index in [-0.39, 0.29) is 0 Å². The molecule has 0 amide bonds. The molecule has 1 aromatic rings. The Morgan fingerprint density at radius 3 is 2.75 bits per heavy atom. The SMILES string of the molecule is CCNc1nc(C2CCCCS2)nc(CC(C)C)c1I. The van der Waals surface area contributed by atoms with Crippen LogP contribution in [0.5, 0.6) is 0 Å². The van der Waals surface area contributed by atoms with Crippen LogP contribution >= 0.6 is 34.4 Å². The lowest BCUT2D eigenvalue weighted by atomic mass is 10.1. The molecule has 0 aliphatic carbocycles. The summed E-state index contributed by atoms with van der Waals surface area (Å²) in [5, 5.41) is 3.89. The fourth-order valence-corrected chi connectivity index (χ4v) is 4.30. The Bertz CT molecular complexity index is 445. The summed E-state index contributed by atoms with van der Waals surface area (Å²) in [6.45, 7) is 7.53. The number of anilines is 1. The van der Waals surface area contributed by atoms with Gasteiger partial charge in [-0.2, -0.15) is 11.8 Å². The lowest BCUT2D eigenvalue weighted by Gasteiger charge is -2.22. The average Bonchev–Trinajstić information content (AvgIpc) is 2.44. The predicted molar refractivity (Wildman–Crippen MR) is 96.5 cm³/mol. The van der Waals surface area contributed by atoms with Crippen LogP contribution in [0.2, 0.25) is 0 Å². The summed E-state index contributed by atoms with van der Waals surface area (Å²) in [5.74, 6) is 3.94. The normalized spacial score (nSPS) is 19.4. The van der Waals surface area contributed by atoms with Crippen molar-refractivity contribution >= 4 is 40.2 Å². The molecule has 5 heteroatoms. The van der Waals surface area contributed by atoms with E-state index in [9.17, 15) is 0 Å². The van der Waals surface area contributed by atoms with E-state index < -0.39 is 0 Å². The van der Waals surface area contributed by atoms with E-state index in [0.717, 1.165) is 24.6 Å². The highest BCUT2D eigenvalue weighted by Gasteiger charge is 2.22. The topological polar surface area (TPSA) is 37.8 Å². The summed E-state index contributed by atoms with van der Waals surface area (Å²) >= 11 is 4.41. The molecule has 0 radical (unpaired) electrons. The zero-order valence-electron chi connectivity index (χ0n) is 12.6. The van der Waals surface area contributed by atoms with Gasteiger partial charge in [0.2, 0.25) is 0 Å². The Morgan fingerprint density at radius 1 is 1.35 bits per heavy atom. The zero-order valence-corrected chi connectivity index (χ0v) is 15.6. The van der Waals surface area contributed by atoms with Crippen molar-refractivity contribution in [2.45, 2.75) is 51.7 Å². The number of halogens is 1. The molecule has 112 valence electrons. The van der Waals surface area contributed by atoms with E-state index >= 15 is 0 Å². The highest BCUT2D eigenvalue weighted by atomic mass is 127. The Morgan fingerprint density at radius 2 is 2.15 bits per heavy atom. The molecule has 0 bridgehead atoms. The van der Waals surface area contributed by atoms with Gasteiger partial charge in [0, 0.05) is 6.54 Å². The van der Waals surface area contributed by atoms with E-state index in [4.69, 9.17) is 9.97 Å². The maximum atomic E-state index is 4.90. The van der Waals surface area contributed by atoms with Gasteiger partial charge in [0.15, 0.2) is 0 Å². The second kappa shape index (κ2) is 7.82. The fourth-order valence-electron chi connectivity index (χ4n) is 2.41. The second-order valence-corrected chi connectivity index (χ2v) is 8.06. The summed E-state index contributed by atoms with van der Waals surface area (Å²) < 4.78 is 1.20. The number of thioether (sulfide) groups is 1. The molecule has 2 heterocycles. The van der Waals surface area contributed by atoms with E-state index in [1.54, 1.807) is 0 Å². The lowest BCUT2D eigenvalue weighted by molar-refractivity contribution is 0.617. The van der Waals surface area contributed by atoms with Crippen LogP contribution in [0.25, 0.3) is 0 Å². The molecule has 2 rings (SSSR count). The summed E-state index contributed by atoms with van der Waals surface area (Å²) in [6, 6.07) is 0. The number of hydrogen-bond donors (Lipinski definition) is 1. The van der Waals surface area contributed by atoms with Crippen molar-refractivity contribution < 1.29 is 0 Å². The zero-order chi connectivity index (χ0) is 14.5. The number of aromatic nitrogens is 2. The van der Waals surface area contributed by atoms with Gasteiger partial charge in [0.1, 0.15) is 11.6 Å². The van der Waals surface area contributed by atoms with Crippen LogP contribution in [0.1, 0.15) is 56.8 Å². The molecular formula is C15H24IN3S. The van der Waals surface area contributed by atoms with Crippen LogP contribution in [0, 0.1) is 9.49 Å². The minimum absolute atomic E-state index is 0.490. The molecule has 1 saturated heterocycles. The molecule has 3 nitrogen and oxygen atoms in total. The monoisotopic (exact) mass is 405 g/mol. The molecular weight excluding hydrogens is 381 g/mol. The van der Waals surface area contributed by atoms with Crippen LogP contribution < -0.4 is 5.32 Å². The maximum absolute atomic E-state index is 4.90. The fraction of sp³-hybridized carbons (Fsp3) is 0.733. The number of hydrogen-bond acceptors (Lipinski definition) is 4. The third-order valence-corrected chi connectivity index (χ3v) is 5.86. The number of rotatable bonds is 5. The molecule has 1 aliphatic heterocycles. The van der Waals surface area contributed by atoms with Crippen molar-refractivity contribution in [1.82, 2.24) is 9.97 Å². The molecule has 1 aromatic heterocycles. The van der Waals surface area contributed by atoms with Gasteiger partial charge < -0.3 is 5.32 Å². The predicted octanol–water partition coefficient (Wildman–Crippen LogP) is 4.67. The molecule has 0 spiro atoms. The van der Waals surface area contributed by atoms with E-state index in [1.165, 1.54) is 34.3 Å². The van der Waals surface area contributed by atoms with Gasteiger partial charge in [-0.15, -0.1) is 0 Å². The molecule has 0 saturated carbocycles. The van der Waals surface area contributed by atoms with Crippen LogP contribution in [0.15, 0.2) is 0 Å². The van der Waals surface area contributed by atoms with Gasteiger partial charge in [-0.25, -0.2) is 9.97 Å². The number of nitrogens with one attached hydrogen (secondary N) is 1. The Balaban J connectivity index is 2.32. The number of nitrogens with zero attached hydrogens (tertiary/aromatic N) is 2. The second-order valence-electron chi connectivity index (χ2n) is 5.67. The van der Waals surface area contributed by atoms with Crippen LogP contribution in [-0.2, 0) is 6.42 Å². The summed E-state index contributed by atoms with van der Waals surface area (Å²) in [6.07, 6.45) is 4.90. The van der Waals surface area contributed by atoms with Gasteiger partial charge in [-0.05, 0) is 60.4 Å². The smallest absolute Gasteiger partial charge is 0.144 e. The summed E-state index contributed by atoms with van der Waals surface area (Å²) in [7, 11) is 0. The molecule has 1 atom stereocenters. The third kappa shape index (κ3) is 4.23. The largest absolute Gasteiger partial charge is 0.369 e. The molecule has 1 unspecified atom stereocenters. The van der Waals surface area contributed by atoms with Crippen molar-refractivity contribution in [2.24, 2.45) is 5.92 Å². The Kier molecular flexibility index (Phi) is 6.39. The molecule has 0 aromatic carbocycles. The standard InChI is InChI=1S/C15H24IN3S/c1-4-17-15-13(16)11(9-10(2)3)18-14(19-15)12-7-5-6-8-20-12/h10,12H,4-9H2,1-3H3,(H,17,18,19). The van der Waals surface area contributed by atoms with Crippen LogP contribution in [-0.4, -0.2) is 22.3 Å². The van der Waals surface area contributed by atoms with Gasteiger partial charge in [-0.3, -0.25) is 0 Å². The summed E-state index contributed by atoms with van der Waals surface area (Å²) in [4.78, 5) is 9.70. The molecule has 1 aliphatic rings. The van der Waals surface area contributed by atoms with Crippen LogP contribution in [0.3, 0.4) is 0 Å². The van der Waals surface area contributed by atoms with Crippen molar-refractivity contribution in [3.63, 3.8) is 0 Å². The highest BCUT2D eigenvalue weighted by Crippen LogP contribution is 2.37. The van der Waals surface area contributed by atoms with Crippen molar-refractivity contribution in [2.75, 3.05) is 17.6 Å². The minimum Gasteiger partial charge on any atom is -0.369 e. The van der Waals surface area contributed by atoms with Gasteiger partial charge in [0.25, 0.3) is 0 Å². The molecule has 20 heavy (non-hydrogen) atoms. The maximum Gasteiger partial charge on any atom is 0.144 e. The highest BCUT2D eigenvalue weighted by molar-refractivity contribution is 14.1. The van der Waals surface area contributed by atoms with Gasteiger partial charge in [0.05, 0.1) is 14.5 Å². The first kappa shape index (κ1) is 16.3. The Labute approximate surface area is 140 Å². The summed E-state index contributed by atoms with van der Waals surface area (Å²) in [5.41, 5.74) is 1.22. The third-order valence-electron chi connectivity index (χ3n) is 3.35. The van der Waals surface area contributed by atoms with E-state index in [1.807, 2.05) is 11.8 Å². The first-order valence-electron chi connectivity index (χ1n) is 7.53. The van der Waals surface area contributed by atoms with Crippen molar-refractivity contribution in [3.8, 4) is 0 Å².